The van der Waals surface area contributed by atoms with Gasteiger partial charge in [0.25, 0.3) is 0 Å². The van der Waals surface area contributed by atoms with Crippen molar-refractivity contribution in [2.45, 2.75) is 37.3 Å². The Morgan fingerprint density at radius 3 is 2.71 bits per heavy atom. The third-order valence-electron chi connectivity index (χ3n) is 3.77. The zero-order valence-corrected chi connectivity index (χ0v) is 12.9. The molecule has 1 aromatic heterocycles. The summed E-state index contributed by atoms with van der Waals surface area (Å²) in [6.45, 7) is 8.38. The molecule has 0 aliphatic carbocycles. The molecule has 3 rings (SSSR count). The van der Waals surface area contributed by atoms with Crippen LogP contribution < -0.4 is 4.39 Å². The number of nitrogens with one attached hydrogen (secondary N) is 1. The highest BCUT2D eigenvalue weighted by atomic mass is 32.2. The quantitative estimate of drug-likeness (QED) is 0.743. The third-order valence-corrected chi connectivity index (χ3v) is 14.9. The summed E-state index contributed by atoms with van der Waals surface area (Å²) in [4.78, 5) is 13.7. The van der Waals surface area contributed by atoms with Gasteiger partial charge in [0.1, 0.15) is 4.90 Å². The lowest BCUT2D eigenvalue weighted by Crippen LogP contribution is -2.75. The lowest BCUT2D eigenvalue weighted by molar-refractivity contribution is -0.289. The molecule has 0 fully saturated rings. The van der Waals surface area contributed by atoms with Crippen molar-refractivity contribution in [1.82, 2.24) is 4.39 Å². The van der Waals surface area contributed by atoms with Gasteiger partial charge in [0, 0.05) is 11.6 Å². The molecule has 0 bridgehead atoms. The van der Waals surface area contributed by atoms with Crippen molar-refractivity contribution in [2.24, 2.45) is 0 Å². The lowest BCUT2D eigenvalue weighted by Gasteiger charge is -2.38. The van der Waals surface area contributed by atoms with Gasteiger partial charge in [-0.05, 0) is 11.4 Å². The molecule has 0 saturated carbocycles. The van der Waals surface area contributed by atoms with Crippen LogP contribution >= 0.6 is 11.3 Å². The molecule has 0 radical (unpaired) electrons. The molecular formula is C10H15N2O2S2Si+. The molecule has 3 heterocycles. The number of rotatable bonds is 0. The van der Waals surface area contributed by atoms with Crippen LogP contribution in [0.15, 0.2) is 16.3 Å². The first-order chi connectivity index (χ1) is 7.72. The van der Waals surface area contributed by atoms with Gasteiger partial charge < -0.3 is 0 Å². The van der Waals surface area contributed by atoms with E-state index < -0.39 is 18.3 Å². The zero-order chi connectivity index (χ0) is 12.6. The summed E-state index contributed by atoms with van der Waals surface area (Å²) in [6, 6.07) is 1.81. The van der Waals surface area contributed by atoms with E-state index in [-0.39, 0.29) is 10.9 Å². The maximum absolute atomic E-state index is 12.8. The number of hydrogen-bond acceptors (Lipinski definition) is 3. The minimum absolute atomic E-state index is 0.0301. The van der Waals surface area contributed by atoms with Gasteiger partial charge in [0.05, 0.1) is 0 Å². The van der Waals surface area contributed by atoms with Crippen LogP contribution in [0.1, 0.15) is 30.4 Å². The Kier molecular flexibility index (Phi) is 1.98. The van der Waals surface area contributed by atoms with Crippen LogP contribution in [0.3, 0.4) is 0 Å². The predicted octanol–water partition coefficient (Wildman–Crippen LogP) is 2.13. The Hall–Kier alpha value is -0.503. The third kappa shape index (κ3) is 1.11. The number of carbonyl (C=O) groups excluding carboxylic acids is 1. The average molecular weight is 287 g/mol. The largest absolute Gasteiger partial charge is 0.477 e. The summed E-state index contributed by atoms with van der Waals surface area (Å²) in [7, 11) is -4.60. The molecule has 0 saturated heterocycles. The molecule has 2 atom stereocenters. The summed E-state index contributed by atoms with van der Waals surface area (Å²) in [5, 5.41) is 1.81. The van der Waals surface area contributed by atoms with E-state index in [0.29, 0.717) is 9.77 Å². The van der Waals surface area contributed by atoms with E-state index in [9.17, 15) is 9.00 Å². The second-order valence-corrected chi connectivity index (χ2v) is 13.7. The highest BCUT2D eigenvalue weighted by molar-refractivity contribution is 7.94. The van der Waals surface area contributed by atoms with Gasteiger partial charge in [-0.15, -0.1) is 11.3 Å². The monoisotopic (exact) mass is 287 g/mol. The van der Waals surface area contributed by atoms with Crippen LogP contribution in [0, 0.1) is 0 Å². The van der Waals surface area contributed by atoms with Crippen molar-refractivity contribution in [3.05, 3.63) is 16.3 Å². The maximum atomic E-state index is 12.8. The Balaban J connectivity index is 2.29. The minimum Gasteiger partial charge on any atom is -0.215 e. The number of carbonyl (C=O) groups is 1. The van der Waals surface area contributed by atoms with Crippen LogP contribution in [0.2, 0.25) is 11.6 Å². The lowest BCUT2D eigenvalue weighted by atomic mass is 10.2. The van der Waals surface area contributed by atoms with E-state index in [1.54, 1.807) is 3.61 Å². The second kappa shape index (κ2) is 2.90. The van der Waals surface area contributed by atoms with Gasteiger partial charge in [-0.3, -0.25) is 0 Å². The number of thiophene rings is 1. The summed E-state index contributed by atoms with van der Waals surface area (Å²) >= 11 is 1.39. The Bertz CT molecular complexity index is 664. The molecule has 4 nitrogen and oxygen atoms in total. The van der Waals surface area contributed by atoms with E-state index in [4.69, 9.17) is 0 Å². The van der Waals surface area contributed by atoms with E-state index in [1.165, 1.54) is 11.3 Å². The fourth-order valence-electron chi connectivity index (χ4n) is 2.27. The van der Waals surface area contributed by atoms with E-state index in [0.717, 1.165) is 0 Å². The molecule has 1 amide bonds. The van der Waals surface area contributed by atoms with Gasteiger partial charge in [0.2, 0.25) is 9.92 Å². The fourth-order valence-corrected chi connectivity index (χ4v) is 13.3. The Morgan fingerprint density at radius 2 is 2.12 bits per heavy atom. The van der Waals surface area contributed by atoms with Crippen molar-refractivity contribution in [2.75, 3.05) is 0 Å². The van der Waals surface area contributed by atoms with E-state index >= 15 is 0 Å². The molecule has 0 aromatic carbocycles. The Morgan fingerprint density at radius 1 is 1.47 bits per heavy atom. The number of fused-ring (bicyclic) bond motifs is 2. The molecule has 92 valence electrons. The summed E-state index contributed by atoms with van der Waals surface area (Å²) in [6.07, 6.45) is 0. The van der Waals surface area contributed by atoms with E-state index in [1.807, 2.05) is 11.4 Å². The SMILES string of the molecule is CC(C)(C)[Si]1(C)NS2(=O)=[N+]1C(=O)c1sccc12. The molecule has 2 aliphatic heterocycles. The highest BCUT2D eigenvalue weighted by Gasteiger charge is 2.72. The van der Waals surface area contributed by atoms with Crippen LogP contribution in [0.25, 0.3) is 0 Å². The molecule has 1 N–H and O–H groups in total. The topological polar surface area (TPSA) is 49.2 Å². The highest BCUT2D eigenvalue weighted by Crippen LogP contribution is 2.46. The van der Waals surface area contributed by atoms with Crippen LogP contribution in [0.5, 0.6) is 0 Å². The van der Waals surface area contributed by atoms with Gasteiger partial charge in [-0.25, -0.2) is 4.79 Å². The molecule has 2 unspecified atom stereocenters. The van der Waals surface area contributed by atoms with Gasteiger partial charge >= 0.3 is 14.3 Å². The summed E-state index contributed by atoms with van der Waals surface area (Å²) in [5.41, 5.74) is 0. The van der Waals surface area contributed by atoms with Crippen molar-refractivity contribution in [3.63, 3.8) is 0 Å². The van der Waals surface area contributed by atoms with Crippen LogP contribution in [-0.2, 0) is 9.92 Å². The molecule has 17 heavy (non-hydrogen) atoms. The number of hydrogen-bond donors (Lipinski definition) is 1. The zero-order valence-electron chi connectivity index (χ0n) is 10.2. The molecular weight excluding hydrogens is 272 g/mol. The second-order valence-electron chi connectivity index (χ2n) is 5.66. The van der Waals surface area contributed by atoms with Crippen molar-refractivity contribution in [3.8, 4) is 0 Å². The van der Waals surface area contributed by atoms with Crippen molar-refractivity contribution in [1.29, 1.82) is 0 Å². The first kappa shape index (κ1) is 11.6. The van der Waals surface area contributed by atoms with Gasteiger partial charge in [0.15, 0.2) is 4.88 Å². The minimum atomic E-state index is -2.44. The average Bonchev–Trinajstić information content (AvgIpc) is 2.67. The van der Waals surface area contributed by atoms with Crippen LogP contribution in [0.4, 0.5) is 0 Å². The standard InChI is InChI=1S/C10H14N2O2S2Si/c1-10(2,3)17(4)11-16(14)7-5-6-15-8(7)9(13)12(16)17/h5-6H,1-4H3/p+1. The first-order valence-electron chi connectivity index (χ1n) is 5.47. The van der Waals surface area contributed by atoms with Crippen LogP contribution in [-0.4, -0.2) is 22.1 Å². The smallest absolute Gasteiger partial charge is 0.215 e. The van der Waals surface area contributed by atoms with Crippen molar-refractivity contribution >= 4 is 35.6 Å². The summed E-state index contributed by atoms with van der Waals surface area (Å²) < 4.78 is 17.8. The number of amides is 1. The van der Waals surface area contributed by atoms with Gasteiger partial charge in [-0.1, -0.05) is 20.8 Å². The molecule has 2 aliphatic rings. The van der Waals surface area contributed by atoms with Crippen molar-refractivity contribution < 1.29 is 12.6 Å². The molecule has 7 heteroatoms. The first-order valence-corrected chi connectivity index (χ1v) is 10.3. The maximum Gasteiger partial charge on any atom is 0.477 e. The Labute approximate surface area is 106 Å². The van der Waals surface area contributed by atoms with Gasteiger partial charge in [-0.2, -0.15) is 12.2 Å². The molecule has 0 spiro atoms. The fraction of sp³-hybridized carbons (Fsp3) is 0.500. The van der Waals surface area contributed by atoms with E-state index in [2.05, 4.69) is 31.7 Å². The summed E-state index contributed by atoms with van der Waals surface area (Å²) in [5.74, 6) is -0.0390. The normalized spacial score (nSPS) is 35.5. The molecule has 1 aromatic rings. The number of nitrogens with zero attached hydrogens (tertiary/aromatic N) is 1. The predicted molar refractivity (Wildman–Crippen MR) is 69.8 cm³/mol.